The summed E-state index contributed by atoms with van der Waals surface area (Å²) in [4.78, 5) is 53.3. The van der Waals surface area contributed by atoms with E-state index >= 15 is 0 Å². The van der Waals surface area contributed by atoms with Gasteiger partial charge in [-0.3, -0.25) is 28.0 Å². The molecule has 1 aromatic rings. The van der Waals surface area contributed by atoms with E-state index < -0.39 is 80.0 Å². The maximum Gasteiger partial charge on any atom is 0.431 e. The molecule has 1 rings (SSSR count). The highest BCUT2D eigenvalue weighted by molar-refractivity contribution is 7.54. The standard InChI is InChI=1S/C25H37F2N2O11P/c1-9-28-23(33)40-29(8)19(30)13-35-20(16-10-11-17(26)18(27)12-16)41(34,38-14-36-21(31)24(2,3)4)39-15-37-22(32)25(5,6)7/h10-12,20H,9,13-15H2,1-8H3,(H,28,33). The molecule has 0 radical (unpaired) electrons. The van der Waals surface area contributed by atoms with Crippen LogP contribution in [0.3, 0.4) is 0 Å². The number of nitrogens with one attached hydrogen (secondary N) is 1. The second-order valence-corrected chi connectivity index (χ2v) is 12.6. The quantitative estimate of drug-likeness (QED) is 0.155. The first-order valence-corrected chi connectivity index (χ1v) is 13.9. The van der Waals surface area contributed by atoms with Crippen molar-refractivity contribution in [3.05, 3.63) is 35.4 Å². The Balaban J connectivity index is 3.34. The van der Waals surface area contributed by atoms with Crippen LogP contribution in [0.1, 0.15) is 59.9 Å². The van der Waals surface area contributed by atoms with Crippen molar-refractivity contribution in [1.29, 1.82) is 0 Å². The smallest absolute Gasteiger partial charge is 0.431 e. The van der Waals surface area contributed by atoms with E-state index in [0.29, 0.717) is 17.2 Å². The number of benzene rings is 1. The maximum absolute atomic E-state index is 14.2. The topological polar surface area (TPSA) is 156 Å². The summed E-state index contributed by atoms with van der Waals surface area (Å²) in [5, 5.41) is 2.83. The van der Waals surface area contributed by atoms with Crippen LogP contribution < -0.4 is 5.32 Å². The van der Waals surface area contributed by atoms with Crippen molar-refractivity contribution in [2.75, 3.05) is 33.8 Å². The van der Waals surface area contributed by atoms with Crippen molar-refractivity contribution >= 4 is 31.5 Å². The first kappa shape index (κ1) is 35.9. The third-order valence-electron chi connectivity index (χ3n) is 4.84. The van der Waals surface area contributed by atoms with E-state index in [4.69, 9.17) is 28.1 Å². The predicted molar refractivity (Wildman–Crippen MR) is 139 cm³/mol. The van der Waals surface area contributed by atoms with Crippen molar-refractivity contribution in [2.45, 2.75) is 54.3 Å². The molecule has 0 fully saturated rings. The Kier molecular flexibility index (Phi) is 13.3. The molecule has 1 N–H and O–H groups in total. The molecule has 0 heterocycles. The van der Waals surface area contributed by atoms with Gasteiger partial charge < -0.3 is 24.4 Å². The van der Waals surface area contributed by atoms with Gasteiger partial charge in [0.25, 0.3) is 5.91 Å². The highest BCUT2D eigenvalue weighted by Gasteiger charge is 2.41. The Hall–Kier alpha value is -3.13. The van der Waals surface area contributed by atoms with E-state index in [0.717, 1.165) is 13.1 Å². The Labute approximate surface area is 237 Å². The van der Waals surface area contributed by atoms with Crippen molar-refractivity contribution in [2.24, 2.45) is 10.8 Å². The van der Waals surface area contributed by atoms with Gasteiger partial charge in [-0.1, -0.05) is 6.07 Å². The molecule has 0 bridgehead atoms. The molecule has 0 aliphatic heterocycles. The van der Waals surface area contributed by atoms with Crippen LogP contribution in [-0.4, -0.2) is 62.8 Å². The molecule has 0 saturated carbocycles. The first-order chi connectivity index (χ1) is 18.8. The van der Waals surface area contributed by atoms with Gasteiger partial charge in [-0.05, 0) is 66.2 Å². The number of ether oxygens (including phenoxy) is 3. The molecule has 0 aliphatic rings. The summed E-state index contributed by atoms with van der Waals surface area (Å²) in [5.41, 5.74) is -2.24. The minimum Gasteiger partial charge on any atom is -0.438 e. The van der Waals surface area contributed by atoms with Crippen LogP contribution in [0.4, 0.5) is 13.6 Å². The van der Waals surface area contributed by atoms with Crippen molar-refractivity contribution in [3.63, 3.8) is 0 Å². The third-order valence-corrected chi connectivity index (χ3v) is 6.80. The molecule has 41 heavy (non-hydrogen) atoms. The fourth-order valence-electron chi connectivity index (χ4n) is 2.54. The lowest BCUT2D eigenvalue weighted by Gasteiger charge is -2.28. The Morgan fingerprint density at radius 2 is 1.44 bits per heavy atom. The van der Waals surface area contributed by atoms with E-state index in [2.05, 4.69) is 5.32 Å². The third kappa shape index (κ3) is 11.7. The van der Waals surface area contributed by atoms with Crippen LogP contribution in [0.5, 0.6) is 0 Å². The molecule has 1 aromatic carbocycles. The fraction of sp³-hybridized carbons (Fsp3) is 0.600. The van der Waals surface area contributed by atoms with Crippen LogP contribution in [0.2, 0.25) is 0 Å². The minimum absolute atomic E-state index is 0.215. The van der Waals surface area contributed by atoms with E-state index in [-0.39, 0.29) is 12.1 Å². The van der Waals surface area contributed by atoms with Crippen LogP contribution >= 0.6 is 7.60 Å². The lowest BCUT2D eigenvalue weighted by atomic mass is 9.98. The summed E-state index contributed by atoms with van der Waals surface area (Å²) in [5.74, 6) is -6.99. The van der Waals surface area contributed by atoms with Crippen LogP contribution in [-0.2, 0) is 47.0 Å². The van der Waals surface area contributed by atoms with Crippen molar-refractivity contribution < 1.29 is 60.6 Å². The van der Waals surface area contributed by atoms with Crippen molar-refractivity contribution in [1.82, 2.24) is 10.4 Å². The molecule has 16 heteroatoms. The summed E-state index contributed by atoms with van der Waals surface area (Å²) in [6.45, 7) is 8.32. The summed E-state index contributed by atoms with van der Waals surface area (Å²) in [7, 11) is -3.69. The minimum atomic E-state index is -4.78. The van der Waals surface area contributed by atoms with Crippen LogP contribution in [0.25, 0.3) is 0 Å². The number of rotatable bonds is 12. The van der Waals surface area contributed by atoms with Gasteiger partial charge in [0.2, 0.25) is 13.6 Å². The molecule has 232 valence electrons. The number of esters is 2. The van der Waals surface area contributed by atoms with Gasteiger partial charge in [0.15, 0.2) is 17.5 Å². The predicted octanol–water partition coefficient (Wildman–Crippen LogP) is 4.42. The summed E-state index contributed by atoms with van der Waals surface area (Å²) < 4.78 is 67.9. The van der Waals surface area contributed by atoms with Crippen molar-refractivity contribution in [3.8, 4) is 0 Å². The maximum atomic E-state index is 14.2. The highest BCUT2D eigenvalue weighted by Crippen LogP contribution is 2.61. The van der Waals surface area contributed by atoms with Gasteiger partial charge in [0.1, 0.15) is 6.61 Å². The second-order valence-electron chi connectivity index (χ2n) is 10.5. The summed E-state index contributed by atoms with van der Waals surface area (Å²) in [6, 6.07) is 2.32. The van der Waals surface area contributed by atoms with Gasteiger partial charge in [0.05, 0.1) is 10.8 Å². The van der Waals surface area contributed by atoms with E-state index in [1.807, 2.05) is 0 Å². The van der Waals surface area contributed by atoms with Gasteiger partial charge in [0, 0.05) is 13.6 Å². The number of hydrogen-bond donors (Lipinski definition) is 1. The normalized spacial score (nSPS) is 12.7. The monoisotopic (exact) mass is 610 g/mol. The first-order valence-electron chi connectivity index (χ1n) is 12.3. The average molecular weight is 611 g/mol. The molecule has 0 aromatic heterocycles. The summed E-state index contributed by atoms with van der Waals surface area (Å²) >= 11 is 0. The largest absolute Gasteiger partial charge is 0.438 e. The highest BCUT2D eigenvalue weighted by atomic mass is 31.2. The lowest BCUT2D eigenvalue weighted by molar-refractivity contribution is -0.166. The van der Waals surface area contributed by atoms with Gasteiger partial charge in [-0.2, -0.15) is 5.06 Å². The molecule has 1 atom stereocenters. The molecule has 1 unspecified atom stereocenters. The lowest BCUT2D eigenvalue weighted by Crippen LogP contribution is -2.37. The van der Waals surface area contributed by atoms with Crippen LogP contribution in [0, 0.1) is 22.5 Å². The fourth-order valence-corrected chi connectivity index (χ4v) is 4.07. The number of hydrogen-bond acceptors (Lipinski definition) is 11. The molecule has 2 amide bonds. The average Bonchev–Trinajstić information content (AvgIpc) is 2.84. The number of carbonyl (C=O) groups is 4. The number of amides is 2. The molecular formula is C25H37F2N2O11P. The Morgan fingerprint density at radius 3 is 1.88 bits per heavy atom. The van der Waals surface area contributed by atoms with Gasteiger partial charge in [-0.25, -0.2) is 13.6 Å². The Bertz CT molecular complexity index is 1100. The molecular weight excluding hydrogens is 573 g/mol. The number of likely N-dealkylation sites (N-methyl/N-ethyl adjacent to an activating group) is 1. The van der Waals surface area contributed by atoms with E-state index in [9.17, 15) is 32.5 Å². The zero-order valence-electron chi connectivity index (χ0n) is 24.3. The summed E-state index contributed by atoms with van der Waals surface area (Å²) in [6.07, 6.45) is -0.945. The van der Waals surface area contributed by atoms with E-state index in [1.54, 1.807) is 48.5 Å². The molecule has 13 nitrogen and oxygen atoms in total. The number of nitrogens with zero attached hydrogens (tertiary/aromatic N) is 1. The van der Waals surface area contributed by atoms with Crippen LogP contribution in [0.15, 0.2) is 18.2 Å². The Morgan fingerprint density at radius 1 is 0.927 bits per heavy atom. The zero-order valence-corrected chi connectivity index (χ0v) is 25.2. The molecule has 0 saturated heterocycles. The van der Waals surface area contributed by atoms with E-state index in [1.165, 1.54) is 0 Å². The molecule has 0 spiro atoms. The van der Waals surface area contributed by atoms with Gasteiger partial charge in [-0.15, -0.1) is 0 Å². The SMILES string of the molecule is CCNC(=O)ON(C)C(=O)COC(c1ccc(F)c(F)c1)P(=O)(OCOC(=O)C(C)(C)C)OCOC(=O)C(C)(C)C. The molecule has 0 aliphatic carbocycles. The van der Waals surface area contributed by atoms with Gasteiger partial charge >= 0.3 is 25.6 Å². The number of halogens is 2. The zero-order chi connectivity index (χ0) is 31.6. The second kappa shape index (κ2) is 15.2. The number of carbonyl (C=O) groups excluding carboxylic acids is 4. The number of hydroxylamine groups is 2.